The van der Waals surface area contributed by atoms with Crippen LogP contribution in [0.1, 0.15) is 46.0 Å². The summed E-state index contributed by atoms with van der Waals surface area (Å²) in [4.78, 5) is 11.1. The second-order valence-electron chi connectivity index (χ2n) is 6.62. The van der Waals surface area contributed by atoms with Gasteiger partial charge in [-0.1, -0.05) is 6.58 Å². The second kappa shape index (κ2) is 5.71. The van der Waals surface area contributed by atoms with Crippen molar-refractivity contribution in [3.05, 3.63) is 12.2 Å². The Morgan fingerprint density at radius 2 is 2.10 bits per heavy atom. The molecule has 0 bridgehead atoms. The molecule has 3 rings (SSSR count). The van der Waals surface area contributed by atoms with Gasteiger partial charge in [0.1, 0.15) is 12.2 Å². The zero-order valence-corrected chi connectivity index (χ0v) is 12.8. The van der Waals surface area contributed by atoms with Crippen LogP contribution in [-0.2, 0) is 23.7 Å². The van der Waals surface area contributed by atoms with Crippen LogP contribution in [0.3, 0.4) is 0 Å². The molecule has 0 radical (unpaired) electrons. The number of ether oxygens (including phenoxy) is 4. The largest absolute Gasteiger partial charge is 0.462 e. The lowest BCUT2D eigenvalue weighted by Crippen LogP contribution is -2.31. The Labute approximate surface area is 125 Å². The molecule has 4 atom stereocenters. The molecule has 3 aliphatic heterocycles. The van der Waals surface area contributed by atoms with Gasteiger partial charge in [0.25, 0.3) is 0 Å². The number of hydrogen-bond acceptors (Lipinski definition) is 5. The van der Waals surface area contributed by atoms with Gasteiger partial charge in [0.15, 0.2) is 5.79 Å². The van der Waals surface area contributed by atoms with Crippen molar-refractivity contribution < 1.29 is 23.7 Å². The highest BCUT2D eigenvalue weighted by Crippen LogP contribution is 2.35. The summed E-state index contributed by atoms with van der Waals surface area (Å²) >= 11 is 0. The van der Waals surface area contributed by atoms with Crippen LogP contribution in [0.15, 0.2) is 12.2 Å². The Morgan fingerprint density at radius 3 is 2.71 bits per heavy atom. The Morgan fingerprint density at radius 1 is 1.29 bits per heavy atom. The number of cyclic esters (lactones) is 1. The number of carbonyl (C=O) groups is 1. The fraction of sp³-hybridized carbons (Fsp3) is 0.812. The van der Waals surface area contributed by atoms with E-state index in [1.54, 1.807) is 0 Å². The lowest BCUT2D eigenvalue weighted by Gasteiger charge is -2.21. The Hall–Kier alpha value is -0.910. The molecule has 5 nitrogen and oxygen atoms in total. The van der Waals surface area contributed by atoms with Gasteiger partial charge in [-0.15, -0.1) is 0 Å². The summed E-state index contributed by atoms with van der Waals surface area (Å²) < 4.78 is 22.8. The highest BCUT2D eigenvalue weighted by Gasteiger charge is 2.42. The van der Waals surface area contributed by atoms with E-state index in [1.807, 2.05) is 13.8 Å². The third-order valence-corrected chi connectivity index (χ3v) is 4.42. The SMILES string of the molecule is C=C1C[C@H](C2COC(C)(C)O2)O[C@H]1CCC1CCC(=O)O1. The zero-order valence-electron chi connectivity index (χ0n) is 12.8. The van der Waals surface area contributed by atoms with Gasteiger partial charge in [0.05, 0.1) is 18.8 Å². The van der Waals surface area contributed by atoms with Gasteiger partial charge >= 0.3 is 5.97 Å². The quantitative estimate of drug-likeness (QED) is 0.589. The van der Waals surface area contributed by atoms with E-state index in [4.69, 9.17) is 18.9 Å². The van der Waals surface area contributed by atoms with Crippen LogP contribution in [-0.4, -0.2) is 42.8 Å². The molecule has 21 heavy (non-hydrogen) atoms. The van der Waals surface area contributed by atoms with Crippen molar-refractivity contribution >= 4 is 5.97 Å². The number of esters is 1. The molecule has 118 valence electrons. The Kier molecular flexibility index (Phi) is 4.08. The second-order valence-corrected chi connectivity index (χ2v) is 6.62. The maximum atomic E-state index is 11.1. The summed E-state index contributed by atoms with van der Waals surface area (Å²) in [5.41, 5.74) is 1.11. The van der Waals surface area contributed by atoms with Crippen molar-refractivity contribution in [2.24, 2.45) is 0 Å². The molecule has 0 aromatic rings. The standard InChI is InChI=1S/C16H24O5/c1-10-8-13(14-9-18-16(2,3)21-14)20-12(10)6-4-11-5-7-15(17)19-11/h11-14H,1,4-9H2,2-3H3/t11?,12-,13+,14?/m0/s1. The predicted octanol–water partition coefficient (Wildman–Crippen LogP) is 2.34. The fourth-order valence-electron chi connectivity index (χ4n) is 3.26. The summed E-state index contributed by atoms with van der Waals surface area (Å²) in [6.07, 6.45) is 3.98. The minimum atomic E-state index is -0.522. The molecular weight excluding hydrogens is 272 g/mol. The molecule has 0 N–H and O–H groups in total. The first-order valence-corrected chi connectivity index (χ1v) is 7.77. The van der Waals surface area contributed by atoms with Crippen LogP contribution in [0.5, 0.6) is 0 Å². The van der Waals surface area contributed by atoms with Crippen LogP contribution >= 0.6 is 0 Å². The molecule has 0 aromatic heterocycles. The first kappa shape index (κ1) is 15.0. The minimum absolute atomic E-state index is 0.0222. The molecule has 0 spiro atoms. The highest BCUT2D eigenvalue weighted by atomic mass is 16.7. The summed E-state index contributed by atoms with van der Waals surface area (Å²) in [6.45, 7) is 8.53. The van der Waals surface area contributed by atoms with E-state index in [-0.39, 0.29) is 30.4 Å². The molecule has 2 unspecified atom stereocenters. The molecule has 3 saturated heterocycles. The smallest absolute Gasteiger partial charge is 0.306 e. The summed E-state index contributed by atoms with van der Waals surface area (Å²) in [7, 11) is 0. The van der Waals surface area contributed by atoms with E-state index in [9.17, 15) is 4.79 Å². The van der Waals surface area contributed by atoms with Gasteiger partial charge in [0.2, 0.25) is 0 Å². The van der Waals surface area contributed by atoms with E-state index in [0.717, 1.165) is 31.3 Å². The lowest BCUT2D eigenvalue weighted by molar-refractivity contribution is -0.155. The topological polar surface area (TPSA) is 54.0 Å². The van der Waals surface area contributed by atoms with Gasteiger partial charge in [0, 0.05) is 6.42 Å². The first-order valence-electron chi connectivity index (χ1n) is 7.77. The van der Waals surface area contributed by atoms with E-state index < -0.39 is 5.79 Å². The number of rotatable bonds is 4. The van der Waals surface area contributed by atoms with Crippen molar-refractivity contribution in [2.75, 3.05) is 6.61 Å². The lowest BCUT2D eigenvalue weighted by atomic mass is 10.0. The fourth-order valence-corrected chi connectivity index (χ4v) is 3.26. The third kappa shape index (κ3) is 3.47. The molecular formula is C16H24O5. The highest BCUT2D eigenvalue weighted by molar-refractivity contribution is 5.71. The van der Waals surface area contributed by atoms with E-state index in [0.29, 0.717) is 13.0 Å². The van der Waals surface area contributed by atoms with Crippen LogP contribution < -0.4 is 0 Å². The molecule has 3 aliphatic rings. The van der Waals surface area contributed by atoms with Gasteiger partial charge in [-0.3, -0.25) is 4.79 Å². The van der Waals surface area contributed by atoms with E-state index in [2.05, 4.69) is 6.58 Å². The van der Waals surface area contributed by atoms with Crippen molar-refractivity contribution in [3.8, 4) is 0 Å². The number of carbonyl (C=O) groups excluding carboxylic acids is 1. The maximum absolute atomic E-state index is 11.1. The predicted molar refractivity (Wildman–Crippen MR) is 75.7 cm³/mol. The maximum Gasteiger partial charge on any atom is 0.306 e. The van der Waals surface area contributed by atoms with Crippen molar-refractivity contribution in [1.82, 2.24) is 0 Å². The molecule has 0 amide bonds. The van der Waals surface area contributed by atoms with Gasteiger partial charge in [-0.25, -0.2) is 0 Å². The van der Waals surface area contributed by atoms with Crippen LogP contribution in [0.25, 0.3) is 0 Å². The van der Waals surface area contributed by atoms with Crippen molar-refractivity contribution in [2.45, 2.75) is 76.2 Å². The van der Waals surface area contributed by atoms with Crippen LogP contribution in [0.2, 0.25) is 0 Å². The van der Waals surface area contributed by atoms with Gasteiger partial charge in [-0.05, 0) is 45.1 Å². The average molecular weight is 296 g/mol. The summed E-state index contributed by atoms with van der Waals surface area (Å²) in [5.74, 6) is -0.603. The molecule has 0 aliphatic carbocycles. The molecule has 0 saturated carbocycles. The monoisotopic (exact) mass is 296 g/mol. The van der Waals surface area contributed by atoms with Crippen molar-refractivity contribution in [1.29, 1.82) is 0 Å². The normalized spacial score (nSPS) is 39.0. The van der Waals surface area contributed by atoms with E-state index >= 15 is 0 Å². The summed E-state index contributed by atoms with van der Waals surface area (Å²) in [6, 6.07) is 0. The van der Waals surface area contributed by atoms with Crippen LogP contribution in [0, 0.1) is 0 Å². The zero-order chi connectivity index (χ0) is 15.0. The molecule has 5 heteroatoms. The Bertz CT molecular complexity index is 430. The van der Waals surface area contributed by atoms with Gasteiger partial charge in [-0.2, -0.15) is 0 Å². The molecule has 3 heterocycles. The Balaban J connectivity index is 1.47. The summed E-state index contributed by atoms with van der Waals surface area (Å²) in [5, 5.41) is 0. The first-order chi connectivity index (χ1) is 9.93. The molecule has 0 aromatic carbocycles. The third-order valence-electron chi connectivity index (χ3n) is 4.42. The van der Waals surface area contributed by atoms with E-state index in [1.165, 1.54) is 0 Å². The number of hydrogen-bond donors (Lipinski definition) is 0. The van der Waals surface area contributed by atoms with Crippen molar-refractivity contribution in [3.63, 3.8) is 0 Å². The minimum Gasteiger partial charge on any atom is -0.462 e. The molecule has 3 fully saturated rings. The average Bonchev–Trinajstić information content (AvgIpc) is 3.07. The van der Waals surface area contributed by atoms with Crippen LogP contribution in [0.4, 0.5) is 0 Å². The van der Waals surface area contributed by atoms with Gasteiger partial charge < -0.3 is 18.9 Å².